The van der Waals surface area contributed by atoms with Gasteiger partial charge in [-0.25, -0.2) is 4.39 Å². The maximum absolute atomic E-state index is 13.8. The van der Waals surface area contributed by atoms with Crippen LogP contribution in [0.5, 0.6) is 5.75 Å². The monoisotopic (exact) mass is 560 g/mol. The van der Waals surface area contributed by atoms with Gasteiger partial charge in [-0.1, -0.05) is 31.9 Å². The highest BCUT2D eigenvalue weighted by Gasteiger charge is 2.43. The van der Waals surface area contributed by atoms with Gasteiger partial charge in [0.25, 0.3) is 0 Å². The molecule has 0 aromatic heterocycles. The Labute approximate surface area is 234 Å². The molecule has 11 heteroatoms. The molecule has 4 atom stereocenters. The molecular formula is C29H41FN4O6. The molecule has 2 saturated heterocycles. The third kappa shape index (κ3) is 7.79. The van der Waals surface area contributed by atoms with Gasteiger partial charge in [0.15, 0.2) is 5.78 Å². The van der Waals surface area contributed by atoms with Crippen LogP contribution < -0.4 is 20.7 Å². The van der Waals surface area contributed by atoms with Crippen molar-refractivity contribution in [2.75, 3.05) is 20.3 Å². The molecule has 0 unspecified atom stereocenters. The summed E-state index contributed by atoms with van der Waals surface area (Å²) in [5.74, 6) is -1.53. The number of carbonyl (C=O) groups is 5. The van der Waals surface area contributed by atoms with Crippen molar-refractivity contribution < 1.29 is 33.1 Å². The summed E-state index contributed by atoms with van der Waals surface area (Å²) in [4.78, 5) is 66.9. The highest BCUT2D eigenvalue weighted by atomic mass is 19.1. The molecule has 3 N–H and O–H groups in total. The summed E-state index contributed by atoms with van der Waals surface area (Å²) in [5, 5.41) is 8.51. The Balaban J connectivity index is 1.84. The van der Waals surface area contributed by atoms with Gasteiger partial charge in [-0.3, -0.25) is 24.0 Å². The molecule has 3 rings (SSSR count). The normalized spacial score (nSPS) is 25.7. The van der Waals surface area contributed by atoms with E-state index in [-0.39, 0.29) is 31.6 Å². The Hall–Kier alpha value is -3.50. The molecular weight excluding hydrogens is 519 g/mol. The summed E-state index contributed by atoms with van der Waals surface area (Å²) >= 11 is 0. The highest BCUT2D eigenvalue weighted by Crippen LogP contribution is 2.23. The Morgan fingerprint density at radius 3 is 2.42 bits per heavy atom. The lowest BCUT2D eigenvalue weighted by Gasteiger charge is -2.36. The van der Waals surface area contributed by atoms with Crippen LogP contribution in [0.25, 0.3) is 0 Å². The zero-order valence-corrected chi connectivity index (χ0v) is 23.6. The van der Waals surface area contributed by atoms with Crippen molar-refractivity contribution in [1.29, 1.82) is 0 Å². The topological polar surface area (TPSA) is 134 Å². The maximum Gasteiger partial charge on any atom is 0.246 e. The molecule has 40 heavy (non-hydrogen) atoms. The van der Waals surface area contributed by atoms with Crippen LogP contribution in [-0.2, 0) is 30.4 Å². The van der Waals surface area contributed by atoms with E-state index in [1.54, 1.807) is 33.1 Å². The van der Waals surface area contributed by atoms with Crippen molar-refractivity contribution >= 4 is 29.4 Å². The van der Waals surface area contributed by atoms with Crippen LogP contribution in [0.3, 0.4) is 0 Å². The predicted octanol–water partition coefficient (Wildman–Crippen LogP) is 1.99. The van der Waals surface area contributed by atoms with E-state index < -0.39 is 53.8 Å². The number of benzene rings is 1. The van der Waals surface area contributed by atoms with Gasteiger partial charge in [0.2, 0.25) is 23.6 Å². The first kappa shape index (κ1) is 31.0. The first-order chi connectivity index (χ1) is 19.1. The molecule has 2 fully saturated rings. The van der Waals surface area contributed by atoms with Crippen LogP contribution >= 0.6 is 0 Å². The molecule has 0 radical (unpaired) electrons. The van der Waals surface area contributed by atoms with Crippen molar-refractivity contribution in [3.63, 3.8) is 0 Å². The van der Waals surface area contributed by atoms with Crippen molar-refractivity contribution in [2.24, 2.45) is 0 Å². The Morgan fingerprint density at radius 2 is 1.77 bits per heavy atom. The molecule has 0 bridgehead atoms. The SMILES string of the molecule is CC[C@]1(C)NC(=O)[C@H](CCCCCC(=O)CF)NC(=O)[C@H]2CCCN2C(=O)[C@H](Cc2ccc(OC)cc2)NC1=O. The van der Waals surface area contributed by atoms with E-state index in [0.717, 1.165) is 5.56 Å². The quantitative estimate of drug-likeness (QED) is 0.355. The maximum atomic E-state index is 13.8. The molecule has 1 aromatic carbocycles. The zero-order valence-electron chi connectivity index (χ0n) is 23.6. The Kier molecular flexibility index (Phi) is 11.0. The molecule has 2 heterocycles. The second kappa shape index (κ2) is 14.2. The van der Waals surface area contributed by atoms with E-state index in [4.69, 9.17) is 4.74 Å². The fraction of sp³-hybridized carbons (Fsp3) is 0.621. The summed E-state index contributed by atoms with van der Waals surface area (Å²) in [7, 11) is 1.56. The fourth-order valence-corrected chi connectivity index (χ4v) is 5.13. The van der Waals surface area contributed by atoms with Crippen LogP contribution in [-0.4, -0.2) is 78.3 Å². The van der Waals surface area contributed by atoms with Gasteiger partial charge in [-0.15, -0.1) is 0 Å². The molecule has 10 nitrogen and oxygen atoms in total. The second-order valence-electron chi connectivity index (χ2n) is 10.8. The largest absolute Gasteiger partial charge is 0.497 e. The van der Waals surface area contributed by atoms with E-state index in [1.807, 2.05) is 12.1 Å². The number of amides is 4. The molecule has 2 aliphatic heterocycles. The number of hydrogen-bond donors (Lipinski definition) is 3. The van der Waals surface area contributed by atoms with E-state index in [1.165, 1.54) is 4.90 Å². The van der Waals surface area contributed by atoms with Crippen LogP contribution in [0, 0.1) is 0 Å². The molecule has 1 aromatic rings. The second-order valence-corrected chi connectivity index (χ2v) is 10.8. The lowest BCUT2D eigenvalue weighted by Crippen LogP contribution is -2.65. The lowest BCUT2D eigenvalue weighted by atomic mass is 9.94. The average molecular weight is 561 g/mol. The van der Waals surface area contributed by atoms with Gasteiger partial charge in [-0.05, 0) is 56.7 Å². The number of carbonyl (C=O) groups excluding carboxylic acids is 5. The lowest BCUT2D eigenvalue weighted by molar-refractivity contribution is -0.144. The first-order valence-corrected chi connectivity index (χ1v) is 14.1. The minimum Gasteiger partial charge on any atom is -0.497 e. The third-order valence-electron chi connectivity index (χ3n) is 7.88. The molecule has 0 saturated carbocycles. The number of ether oxygens (including phenoxy) is 1. The third-order valence-corrected chi connectivity index (χ3v) is 7.88. The van der Waals surface area contributed by atoms with Gasteiger partial charge >= 0.3 is 0 Å². The summed E-state index contributed by atoms with van der Waals surface area (Å²) in [6.45, 7) is 2.74. The van der Waals surface area contributed by atoms with Crippen molar-refractivity contribution in [1.82, 2.24) is 20.9 Å². The van der Waals surface area contributed by atoms with Crippen molar-refractivity contribution in [3.8, 4) is 5.75 Å². The molecule has 4 amide bonds. The number of Topliss-reactive ketones (excluding diaryl/α,β-unsaturated/α-hetero) is 1. The van der Waals surface area contributed by atoms with E-state index in [2.05, 4.69) is 16.0 Å². The van der Waals surface area contributed by atoms with Crippen LogP contribution in [0.1, 0.15) is 70.8 Å². The smallest absolute Gasteiger partial charge is 0.246 e. The Morgan fingerprint density at radius 1 is 1.05 bits per heavy atom. The number of nitrogens with one attached hydrogen (secondary N) is 3. The number of alkyl halides is 1. The number of rotatable bonds is 11. The van der Waals surface area contributed by atoms with E-state index in [9.17, 15) is 28.4 Å². The van der Waals surface area contributed by atoms with Crippen molar-refractivity contribution in [2.45, 2.75) is 95.3 Å². The molecule has 0 spiro atoms. The number of halogens is 1. The standard InChI is InChI=1S/C29H41FN4O6/c1-4-29(2)28(39)32-23(17-19-12-14-21(40-3)15-13-19)27(38)34-16-8-11-24(34)26(37)31-22(25(36)33-29)10-7-5-6-9-20(35)18-30/h12-15,22-24H,4-11,16-18H2,1-3H3,(H,31,37)(H,32,39)(H,33,36)/t22-,23-,24+,29-/m0/s1. The van der Waals surface area contributed by atoms with Crippen LogP contribution in [0.2, 0.25) is 0 Å². The van der Waals surface area contributed by atoms with Crippen LogP contribution in [0.4, 0.5) is 4.39 Å². The zero-order chi connectivity index (χ0) is 29.3. The minimum atomic E-state index is -1.32. The highest BCUT2D eigenvalue weighted by molar-refractivity contribution is 5.99. The number of ketones is 1. The molecule has 2 aliphatic rings. The van der Waals surface area contributed by atoms with E-state index in [0.29, 0.717) is 44.4 Å². The Bertz CT molecular complexity index is 1080. The number of nitrogens with zero attached hydrogens (tertiary/aromatic N) is 1. The van der Waals surface area contributed by atoms with Crippen LogP contribution in [0.15, 0.2) is 24.3 Å². The molecule has 0 aliphatic carbocycles. The molecule has 220 valence electrons. The predicted molar refractivity (Wildman–Crippen MR) is 146 cm³/mol. The van der Waals surface area contributed by atoms with Crippen molar-refractivity contribution in [3.05, 3.63) is 29.8 Å². The van der Waals surface area contributed by atoms with Gasteiger partial charge in [-0.2, -0.15) is 0 Å². The number of unbranched alkanes of at least 4 members (excludes halogenated alkanes) is 2. The summed E-state index contributed by atoms with van der Waals surface area (Å²) in [6.07, 6.45) is 3.54. The number of hydrogen-bond acceptors (Lipinski definition) is 6. The van der Waals surface area contributed by atoms with Gasteiger partial charge in [0.05, 0.1) is 7.11 Å². The summed E-state index contributed by atoms with van der Waals surface area (Å²) in [5.41, 5.74) is -0.516. The number of methoxy groups -OCH3 is 1. The fourth-order valence-electron chi connectivity index (χ4n) is 5.13. The first-order valence-electron chi connectivity index (χ1n) is 14.1. The van der Waals surface area contributed by atoms with Gasteiger partial charge in [0.1, 0.15) is 36.1 Å². The average Bonchev–Trinajstić information content (AvgIpc) is 3.45. The van der Waals surface area contributed by atoms with E-state index >= 15 is 0 Å². The number of fused-ring (bicyclic) bond motifs is 1. The van der Waals surface area contributed by atoms with Gasteiger partial charge in [0, 0.05) is 19.4 Å². The van der Waals surface area contributed by atoms with Gasteiger partial charge < -0.3 is 25.6 Å². The minimum absolute atomic E-state index is 0.130. The summed E-state index contributed by atoms with van der Waals surface area (Å²) < 4.78 is 17.6. The summed E-state index contributed by atoms with van der Waals surface area (Å²) in [6, 6.07) is 4.59.